The standard InChI is InChI=1S/C14H13ClN2O2/c15-12-7-4-8-13(11(12)9-17-14(16)18)19-10-5-2-1-3-6-10/h1-8H,9H2,(H3,16,17,18). The number of rotatable bonds is 4. The van der Waals surface area contributed by atoms with E-state index >= 15 is 0 Å². The number of para-hydroxylation sites is 1. The Morgan fingerprint density at radius 2 is 1.89 bits per heavy atom. The molecule has 0 aliphatic carbocycles. The van der Waals surface area contributed by atoms with E-state index in [1.165, 1.54) is 0 Å². The summed E-state index contributed by atoms with van der Waals surface area (Å²) in [4.78, 5) is 10.8. The highest BCUT2D eigenvalue weighted by molar-refractivity contribution is 6.31. The number of nitrogens with two attached hydrogens (primary N) is 1. The molecule has 0 bridgehead atoms. The van der Waals surface area contributed by atoms with Gasteiger partial charge in [0.2, 0.25) is 0 Å². The highest BCUT2D eigenvalue weighted by Gasteiger charge is 2.09. The molecule has 0 saturated heterocycles. The average Bonchev–Trinajstić information content (AvgIpc) is 2.39. The van der Waals surface area contributed by atoms with Crippen LogP contribution in [0.1, 0.15) is 5.56 Å². The molecular weight excluding hydrogens is 264 g/mol. The number of amides is 2. The van der Waals surface area contributed by atoms with Crippen LogP contribution >= 0.6 is 11.6 Å². The fourth-order valence-electron chi connectivity index (χ4n) is 1.60. The van der Waals surface area contributed by atoms with Gasteiger partial charge in [-0.3, -0.25) is 0 Å². The van der Waals surface area contributed by atoms with Gasteiger partial charge in [0.15, 0.2) is 0 Å². The second kappa shape index (κ2) is 6.11. The highest BCUT2D eigenvalue weighted by atomic mass is 35.5. The molecule has 0 saturated carbocycles. The van der Waals surface area contributed by atoms with Crippen LogP contribution < -0.4 is 15.8 Å². The lowest BCUT2D eigenvalue weighted by Crippen LogP contribution is -2.28. The first-order valence-electron chi connectivity index (χ1n) is 5.70. The molecule has 5 heteroatoms. The summed E-state index contributed by atoms with van der Waals surface area (Å²) >= 11 is 6.11. The third-order valence-electron chi connectivity index (χ3n) is 2.49. The maximum atomic E-state index is 10.8. The second-order valence-corrected chi connectivity index (χ2v) is 4.26. The lowest BCUT2D eigenvalue weighted by Gasteiger charge is -2.12. The molecular formula is C14H13ClN2O2. The molecule has 0 fully saturated rings. The minimum atomic E-state index is -0.606. The number of carbonyl (C=O) groups is 1. The van der Waals surface area contributed by atoms with Crippen molar-refractivity contribution in [3.8, 4) is 11.5 Å². The summed E-state index contributed by atoms with van der Waals surface area (Å²) in [6, 6.07) is 14.0. The molecule has 0 aliphatic heterocycles. The molecule has 0 aromatic heterocycles. The number of nitrogens with one attached hydrogen (secondary N) is 1. The molecule has 19 heavy (non-hydrogen) atoms. The van der Waals surface area contributed by atoms with Crippen LogP contribution in [0.4, 0.5) is 4.79 Å². The summed E-state index contributed by atoms with van der Waals surface area (Å²) in [5.41, 5.74) is 5.75. The Balaban J connectivity index is 2.24. The molecule has 0 heterocycles. The average molecular weight is 277 g/mol. The number of benzene rings is 2. The molecule has 2 aromatic carbocycles. The van der Waals surface area contributed by atoms with Crippen molar-refractivity contribution in [2.24, 2.45) is 5.73 Å². The molecule has 98 valence electrons. The van der Waals surface area contributed by atoms with Crippen LogP contribution in [0, 0.1) is 0 Å². The lowest BCUT2D eigenvalue weighted by atomic mass is 10.2. The van der Waals surface area contributed by atoms with E-state index in [2.05, 4.69) is 5.32 Å². The van der Waals surface area contributed by atoms with Crippen LogP contribution in [0.3, 0.4) is 0 Å². The minimum Gasteiger partial charge on any atom is -0.457 e. The van der Waals surface area contributed by atoms with Crippen LogP contribution in [0.15, 0.2) is 48.5 Å². The first-order valence-corrected chi connectivity index (χ1v) is 6.08. The molecule has 0 spiro atoms. The molecule has 3 N–H and O–H groups in total. The predicted molar refractivity (Wildman–Crippen MR) is 74.4 cm³/mol. The van der Waals surface area contributed by atoms with Crippen LogP contribution in [0.5, 0.6) is 11.5 Å². The summed E-state index contributed by atoms with van der Waals surface area (Å²) in [5.74, 6) is 1.29. The minimum absolute atomic E-state index is 0.219. The molecule has 0 aliphatic rings. The van der Waals surface area contributed by atoms with Crippen molar-refractivity contribution in [1.29, 1.82) is 0 Å². The maximum absolute atomic E-state index is 10.8. The zero-order valence-electron chi connectivity index (χ0n) is 10.1. The van der Waals surface area contributed by atoms with E-state index in [0.717, 1.165) is 0 Å². The number of halogens is 1. The van der Waals surface area contributed by atoms with Crippen LogP contribution in [0.25, 0.3) is 0 Å². The van der Waals surface area contributed by atoms with Gasteiger partial charge in [-0.2, -0.15) is 0 Å². The monoisotopic (exact) mass is 276 g/mol. The van der Waals surface area contributed by atoms with E-state index in [-0.39, 0.29) is 6.54 Å². The van der Waals surface area contributed by atoms with Crippen molar-refractivity contribution < 1.29 is 9.53 Å². The number of hydrogen-bond donors (Lipinski definition) is 2. The fraction of sp³-hybridized carbons (Fsp3) is 0.0714. The first kappa shape index (κ1) is 13.2. The van der Waals surface area contributed by atoms with E-state index in [1.807, 2.05) is 30.3 Å². The summed E-state index contributed by atoms with van der Waals surface area (Å²) < 4.78 is 5.75. The van der Waals surface area contributed by atoms with Gasteiger partial charge in [-0.05, 0) is 24.3 Å². The van der Waals surface area contributed by atoms with Gasteiger partial charge >= 0.3 is 6.03 Å². The van der Waals surface area contributed by atoms with Gasteiger partial charge in [-0.1, -0.05) is 35.9 Å². The van der Waals surface area contributed by atoms with Crippen molar-refractivity contribution in [1.82, 2.24) is 5.32 Å². The predicted octanol–water partition coefficient (Wildman–Crippen LogP) is 3.30. The normalized spacial score (nSPS) is 9.95. The van der Waals surface area contributed by atoms with Gasteiger partial charge < -0.3 is 15.8 Å². The fourth-order valence-corrected chi connectivity index (χ4v) is 1.83. The SMILES string of the molecule is NC(=O)NCc1c(Cl)cccc1Oc1ccccc1. The zero-order valence-corrected chi connectivity index (χ0v) is 10.9. The van der Waals surface area contributed by atoms with Crippen molar-refractivity contribution in [3.05, 3.63) is 59.1 Å². The number of primary amides is 1. The largest absolute Gasteiger partial charge is 0.457 e. The molecule has 0 radical (unpaired) electrons. The Hall–Kier alpha value is -2.20. The maximum Gasteiger partial charge on any atom is 0.312 e. The Morgan fingerprint density at radius 3 is 2.58 bits per heavy atom. The van der Waals surface area contributed by atoms with Crippen LogP contribution in [0.2, 0.25) is 5.02 Å². The van der Waals surface area contributed by atoms with Crippen molar-refractivity contribution >= 4 is 17.6 Å². The molecule has 2 rings (SSSR count). The van der Waals surface area contributed by atoms with Gasteiger partial charge in [0, 0.05) is 17.1 Å². The molecule has 2 aromatic rings. The topological polar surface area (TPSA) is 64.4 Å². The Bertz CT molecular complexity index is 573. The number of carbonyl (C=O) groups excluding carboxylic acids is 1. The van der Waals surface area contributed by atoms with Crippen molar-refractivity contribution in [3.63, 3.8) is 0 Å². The summed E-state index contributed by atoms with van der Waals surface area (Å²) in [7, 11) is 0. The molecule has 0 unspecified atom stereocenters. The van der Waals surface area contributed by atoms with Crippen LogP contribution in [-0.2, 0) is 6.54 Å². The van der Waals surface area contributed by atoms with Crippen LogP contribution in [-0.4, -0.2) is 6.03 Å². The Kier molecular flexibility index (Phi) is 4.26. The van der Waals surface area contributed by atoms with Gasteiger partial charge in [0.25, 0.3) is 0 Å². The number of hydrogen-bond acceptors (Lipinski definition) is 2. The molecule has 2 amide bonds. The smallest absolute Gasteiger partial charge is 0.312 e. The third kappa shape index (κ3) is 3.63. The van der Waals surface area contributed by atoms with E-state index in [4.69, 9.17) is 22.1 Å². The van der Waals surface area contributed by atoms with E-state index in [9.17, 15) is 4.79 Å². The summed E-state index contributed by atoms with van der Waals surface area (Å²) in [6.45, 7) is 0.219. The summed E-state index contributed by atoms with van der Waals surface area (Å²) in [6.07, 6.45) is 0. The number of urea groups is 1. The Morgan fingerprint density at radius 1 is 1.16 bits per heavy atom. The molecule has 0 atom stereocenters. The van der Waals surface area contributed by atoms with Gasteiger partial charge in [-0.25, -0.2) is 4.79 Å². The third-order valence-corrected chi connectivity index (χ3v) is 2.84. The quantitative estimate of drug-likeness (QED) is 0.900. The number of ether oxygens (including phenoxy) is 1. The van der Waals surface area contributed by atoms with Crippen molar-refractivity contribution in [2.75, 3.05) is 0 Å². The van der Waals surface area contributed by atoms with Gasteiger partial charge in [0.1, 0.15) is 11.5 Å². The van der Waals surface area contributed by atoms with E-state index in [0.29, 0.717) is 22.1 Å². The second-order valence-electron chi connectivity index (χ2n) is 3.85. The van der Waals surface area contributed by atoms with E-state index in [1.54, 1.807) is 18.2 Å². The first-order chi connectivity index (χ1) is 9.16. The van der Waals surface area contributed by atoms with Gasteiger partial charge in [-0.15, -0.1) is 0 Å². The van der Waals surface area contributed by atoms with Gasteiger partial charge in [0.05, 0.1) is 0 Å². The zero-order chi connectivity index (χ0) is 13.7. The Labute approximate surface area is 116 Å². The molecule has 4 nitrogen and oxygen atoms in total. The van der Waals surface area contributed by atoms with E-state index < -0.39 is 6.03 Å². The van der Waals surface area contributed by atoms with Crippen molar-refractivity contribution in [2.45, 2.75) is 6.54 Å². The lowest BCUT2D eigenvalue weighted by molar-refractivity contribution is 0.248. The summed E-state index contributed by atoms with van der Waals surface area (Å²) in [5, 5.41) is 3.02. The highest BCUT2D eigenvalue weighted by Crippen LogP contribution is 2.30.